The summed E-state index contributed by atoms with van der Waals surface area (Å²) in [6.07, 6.45) is 0.0118. The summed E-state index contributed by atoms with van der Waals surface area (Å²) in [5.74, 6) is 0.175. The molecule has 0 spiro atoms. The van der Waals surface area contributed by atoms with E-state index in [0.717, 1.165) is 13.1 Å². The molecule has 1 aliphatic heterocycles. The van der Waals surface area contributed by atoms with Gasteiger partial charge in [-0.15, -0.1) is 0 Å². The molecule has 1 saturated heterocycles. The predicted molar refractivity (Wildman–Crippen MR) is 57.7 cm³/mol. The molecule has 0 saturated carbocycles. The Balaban J connectivity index is 1.98. The van der Waals surface area contributed by atoms with Crippen molar-refractivity contribution in [3.63, 3.8) is 0 Å². The van der Waals surface area contributed by atoms with Gasteiger partial charge in [0.15, 0.2) is 0 Å². The molecule has 80 valence electrons. The minimum absolute atomic E-state index is 0.0118. The molecule has 1 N–H and O–H groups in total. The lowest BCUT2D eigenvalue weighted by molar-refractivity contribution is 0.0264. The Morgan fingerprint density at radius 3 is 2.67 bits per heavy atom. The van der Waals surface area contributed by atoms with Gasteiger partial charge >= 0.3 is 5.97 Å². The average molecular weight is 205 g/mol. The summed E-state index contributed by atoms with van der Waals surface area (Å²) < 4.78 is 5.41. The number of hydrogen-bond acceptors (Lipinski definition) is 3. The summed E-state index contributed by atoms with van der Waals surface area (Å²) in [5.41, 5.74) is 0.622. The van der Waals surface area contributed by atoms with E-state index in [1.807, 2.05) is 18.2 Å². The van der Waals surface area contributed by atoms with E-state index < -0.39 is 0 Å². The van der Waals surface area contributed by atoms with Crippen LogP contribution in [-0.4, -0.2) is 25.2 Å². The first-order chi connectivity index (χ1) is 7.27. The normalized spacial score (nSPS) is 25.1. The molecule has 2 atom stereocenters. The van der Waals surface area contributed by atoms with Crippen LogP contribution < -0.4 is 5.32 Å². The minimum Gasteiger partial charge on any atom is -0.457 e. The summed E-state index contributed by atoms with van der Waals surface area (Å²) >= 11 is 0. The summed E-state index contributed by atoms with van der Waals surface area (Å²) in [5, 5.41) is 3.20. The van der Waals surface area contributed by atoms with Crippen molar-refractivity contribution < 1.29 is 9.53 Å². The van der Waals surface area contributed by atoms with Crippen molar-refractivity contribution in [2.45, 2.75) is 13.0 Å². The first-order valence-electron chi connectivity index (χ1n) is 5.24. The fourth-order valence-corrected chi connectivity index (χ4v) is 1.72. The first-order valence-corrected chi connectivity index (χ1v) is 5.24. The van der Waals surface area contributed by atoms with E-state index in [1.54, 1.807) is 12.1 Å². The van der Waals surface area contributed by atoms with Crippen LogP contribution in [0.4, 0.5) is 0 Å². The molecule has 15 heavy (non-hydrogen) atoms. The van der Waals surface area contributed by atoms with Gasteiger partial charge in [0.05, 0.1) is 5.56 Å². The second-order valence-electron chi connectivity index (χ2n) is 3.95. The molecule has 0 radical (unpaired) electrons. The summed E-state index contributed by atoms with van der Waals surface area (Å²) in [4.78, 5) is 11.7. The average Bonchev–Trinajstić information content (AvgIpc) is 2.66. The molecule has 2 unspecified atom stereocenters. The highest BCUT2D eigenvalue weighted by Crippen LogP contribution is 2.14. The van der Waals surface area contributed by atoms with Crippen molar-refractivity contribution >= 4 is 5.97 Å². The molecular formula is C12H15NO2. The minimum atomic E-state index is -0.226. The lowest BCUT2D eigenvalue weighted by Gasteiger charge is -2.15. The van der Waals surface area contributed by atoms with Gasteiger partial charge in [0.1, 0.15) is 6.10 Å². The Kier molecular flexibility index (Phi) is 3.02. The molecule has 0 aliphatic carbocycles. The van der Waals surface area contributed by atoms with Crippen LogP contribution in [0.15, 0.2) is 30.3 Å². The number of esters is 1. The Morgan fingerprint density at radius 2 is 2.07 bits per heavy atom. The van der Waals surface area contributed by atoms with E-state index in [0.29, 0.717) is 11.5 Å². The van der Waals surface area contributed by atoms with Crippen LogP contribution >= 0.6 is 0 Å². The molecule has 3 heteroatoms. The Bertz CT molecular complexity index is 337. The number of benzene rings is 1. The van der Waals surface area contributed by atoms with Crippen molar-refractivity contribution in [2.24, 2.45) is 5.92 Å². The summed E-state index contributed by atoms with van der Waals surface area (Å²) in [6.45, 7) is 3.77. The molecule has 1 fully saturated rings. The van der Waals surface area contributed by atoms with E-state index in [1.165, 1.54) is 0 Å². The lowest BCUT2D eigenvalue weighted by Crippen LogP contribution is -2.24. The maximum absolute atomic E-state index is 11.7. The SMILES string of the molecule is CC1CNCC1OC(=O)c1ccccc1. The number of carbonyl (C=O) groups is 1. The smallest absolute Gasteiger partial charge is 0.338 e. The van der Waals surface area contributed by atoms with Gasteiger partial charge in [0.25, 0.3) is 0 Å². The standard InChI is InChI=1S/C12H15NO2/c1-9-7-13-8-11(9)15-12(14)10-5-3-2-4-6-10/h2-6,9,11,13H,7-8H2,1H3. The van der Waals surface area contributed by atoms with E-state index in [2.05, 4.69) is 12.2 Å². The van der Waals surface area contributed by atoms with Gasteiger partial charge in [-0.1, -0.05) is 25.1 Å². The molecular weight excluding hydrogens is 190 g/mol. The van der Waals surface area contributed by atoms with Crippen molar-refractivity contribution in [1.82, 2.24) is 5.32 Å². The molecule has 1 aromatic rings. The van der Waals surface area contributed by atoms with Gasteiger partial charge in [-0.05, 0) is 12.1 Å². The Morgan fingerprint density at radius 1 is 1.33 bits per heavy atom. The van der Waals surface area contributed by atoms with Crippen molar-refractivity contribution in [3.8, 4) is 0 Å². The van der Waals surface area contributed by atoms with Crippen LogP contribution in [0.3, 0.4) is 0 Å². The number of rotatable bonds is 2. The van der Waals surface area contributed by atoms with Gasteiger partial charge < -0.3 is 10.1 Å². The summed E-state index contributed by atoms with van der Waals surface area (Å²) in [6, 6.07) is 9.11. The monoisotopic (exact) mass is 205 g/mol. The van der Waals surface area contributed by atoms with Crippen molar-refractivity contribution in [1.29, 1.82) is 0 Å². The van der Waals surface area contributed by atoms with Crippen LogP contribution in [0.2, 0.25) is 0 Å². The Labute approximate surface area is 89.4 Å². The van der Waals surface area contributed by atoms with Gasteiger partial charge in [-0.2, -0.15) is 0 Å². The molecule has 2 rings (SSSR count). The van der Waals surface area contributed by atoms with E-state index in [9.17, 15) is 4.79 Å². The van der Waals surface area contributed by atoms with Crippen LogP contribution in [0.25, 0.3) is 0 Å². The van der Waals surface area contributed by atoms with Crippen molar-refractivity contribution in [2.75, 3.05) is 13.1 Å². The zero-order valence-electron chi connectivity index (χ0n) is 8.77. The molecule has 0 bridgehead atoms. The van der Waals surface area contributed by atoms with E-state index in [-0.39, 0.29) is 12.1 Å². The molecule has 1 aliphatic rings. The van der Waals surface area contributed by atoms with Crippen LogP contribution in [0.5, 0.6) is 0 Å². The third-order valence-corrected chi connectivity index (χ3v) is 2.71. The predicted octanol–water partition coefficient (Wildman–Crippen LogP) is 1.45. The van der Waals surface area contributed by atoms with Crippen LogP contribution in [-0.2, 0) is 4.74 Å². The maximum Gasteiger partial charge on any atom is 0.338 e. The molecule has 0 aromatic heterocycles. The molecule has 1 heterocycles. The first kappa shape index (κ1) is 10.2. The van der Waals surface area contributed by atoms with Gasteiger partial charge in [-0.3, -0.25) is 0 Å². The highest BCUT2D eigenvalue weighted by molar-refractivity contribution is 5.89. The number of ether oxygens (including phenoxy) is 1. The van der Waals surface area contributed by atoms with Crippen LogP contribution in [0, 0.1) is 5.92 Å². The molecule has 1 aromatic carbocycles. The molecule has 0 amide bonds. The Hall–Kier alpha value is -1.35. The third-order valence-electron chi connectivity index (χ3n) is 2.71. The zero-order chi connectivity index (χ0) is 10.7. The highest BCUT2D eigenvalue weighted by Gasteiger charge is 2.26. The maximum atomic E-state index is 11.7. The third kappa shape index (κ3) is 2.36. The van der Waals surface area contributed by atoms with E-state index in [4.69, 9.17) is 4.74 Å². The molecule has 3 nitrogen and oxygen atoms in total. The van der Waals surface area contributed by atoms with Gasteiger partial charge in [0.2, 0.25) is 0 Å². The quantitative estimate of drug-likeness (QED) is 0.743. The van der Waals surface area contributed by atoms with Gasteiger partial charge in [-0.25, -0.2) is 4.79 Å². The number of hydrogen-bond donors (Lipinski definition) is 1. The topological polar surface area (TPSA) is 38.3 Å². The van der Waals surface area contributed by atoms with E-state index >= 15 is 0 Å². The number of carbonyl (C=O) groups excluding carboxylic acids is 1. The summed E-state index contributed by atoms with van der Waals surface area (Å²) in [7, 11) is 0. The van der Waals surface area contributed by atoms with Gasteiger partial charge in [0, 0.05) is 19.0 Å². The highest BCUT2D eigenvalue weighted by atomic mass is 16.5. The largest absolute Gasteiger partial charge is 0.457 e. The zero-order valence-corrected chi connectivity index (χ0v) is 8.77. The second kappa shape index (κ2) is 4.45. The fraction of sp³-hybridized carbons (Fsp3) is 0.417. The second-order valence-corrected chi connectivity index (χ2v) is 3.95. The van der Waals surface area contributed by atoms with Crippen LogP contribution in [0.1, 0.15) is 17.3 Å². The van der Waals surface area contributed by atoms with Crippen molar-refractivity contribution in [3.05, 3.63) is 35.9 Å². The fourth-order valence-electron chi connectivity index (χ4n) is 1.72. The number of nitrogens with one attached hydrogen (secondary N) is 1. The lowest BCUT2D eigenvalue weighted by atomic mass is 10.1.